The molecule has 0 spiro atoms. The van der Waals surface area contributed by atoms with Gasteiger partial charge in [-0.2, -0.15) is 0 Å². The zero-order valence-corrected chi connectivity index (χ0v) is 17.6. The van der Waals surface area contributed by atoms with Crippen LogP contribution in [0.3, 0.4) is 0 Å². The molecule has 1 aromatic carbocycles. The molecule has 1 saturated heterocycles. The Balaban J connectivity index is 2.20. The molecule has 152 valence electrons. The molecule has 0 saturated carbocycles. The monoisotopic (exact) mass is 416 g/mol. The molecule has 1 N–H and O–H groups in total. The maximum absolute atomic E-state index is 12.9. The lowest BCUT2D eigenvalue weighted by atomic mass is 10.1. The highest BCUT2D eigenvalue weighted by atomic mass is 32.2. The number of carbonyl (C=O) groups is 1. The number of benzene rings is 1. The molecule has 1 heterocycles. The highest BCUT2D eigenvalue weighted by Gasteiger charge is 2.34. The summed E-state index contributed by atoms with van der Waals surface area (Å²) < 4.78 is 50.8. The standard InChI is InChI=1S/C18H28N2O5S2/c1-4-11-20(16-10-12-26(22,23)13-16)18(21)15-6-8-17(9-7-15)27(24,25)19-14(3)5-2/h6-9,14,16,19H,4-5,10-13H2,1-3H3. The fourth-order valence-corrected chi connectivity index (χ4v) is 6.13. The second kappa shape index (κ2) is 8.70. The van der Waals surface area contributed by atoms with Crippen molar-refractivity contribution in [3.63, 3.8) is 0 Å². The summed E-state index contributed by atoms with van der Waals surface area (Å²) in [4.78, 5) is 14.6. The predicted octanol–water partition coefficient (Wildman–Crippen LogP) is 1.80. The van der Waals surface area contributed by atoms with Gasteiger partial charge in [0.2, 0.25) is 10.0 Å². The normalized spacial score (nSPS) is 20.3. The number of hydrogen-bond acceptors (Lipinski definition) is 5. The first-order chi connectivity index (χ1) is 12.6. The van der Waals surface area contributed by atoms with E-state index in [1.165, 1.54) is 24.3 Å². The second-order valence-electron chi connectivity index (χ2n) is 7.01. The number of hydrogen-bond donors (Lipinski definition) is 1. The van der Waals surface area contributed by atoms with Crippen LogP contribution in [0.25, 0.3) is 0 Å². The molecule has 27 heavy (non-hydrogen) atoms. The summed E-state index contributed by atoms with van der Waals surface area (Å²) in [5.74, 6) is -0.175. The molecule has 1 aromatic rings. The van der Waals surface area contributed by atoms with Crippen LogP contribution in [-0.2, 0) is 19.9 Å². The zero-order chi connectivity index (χ0) is 20.2. The number of rotatable bonds is 8. The predicted molar refractivity (Wildman–Crippen MR) is 105 cm³/mol. The average Bonchev–Trinajstić information content (AvgIpc) is 2.98. The molecule has 2 rings (SSSR count). The average molecular weight is 417 g/mol. The quantitative estimate of drug-likeness (QED) is 0.696. The molecular formula is C18H28N2O5S2. The first-order valence-electron chi connectivity index (χ1n) is 9.23. The van der Waals surface area contributed by atoms with Crippen LogP contribution >= 0.6 is 0 Å². The first-order valence-corrected chi connectivity index (χ1v) is 12.5. The van der Waals surface area contributed by atoms with Crippen molar-refractivity contribution in [2.24, 2.45) is 0 Å². The summed E-state index contributed by atoms with van der Waals surface area (Å²) in [7, 11) is -6.73. The largest absolute Gasteiger partial charge is 0.335 e. The summed E-state index contributed by atoms with van der Waals surface area (Å²) >= 11 is 0. The van der Waals surface area contributed by atoms with Crippen molar-refractivity contribution in [2.75, 3.05) is 18.1 Å². The molecule has 2 atom stereocenters. The molecule has 1 aliphatic rings. The maximum Gasteiger partial charge on any atom is 0.254 e. The smallest absolute Gasteiger partial charge is 0.254 e. The van der Waals surface area contributed by atoms with E-state index in [1.807, 2.05) is 13.8 Å². The van der Waals surface area contributed by atoms with Crippen LogP contribution in [0.5, 0.6) is 0 Å². The van der Waals surface area contributed by atoms with E-state index in [9.17, 15) is 21.6 Å². The van der Waals surface area contributed by atoms with Gasteiger partial charge in [-0.05, 0) is 50.5 Å². The lowest BCUT2D eigenvalue weighted by molar-refractivity contribution is 0.0697. The minimum Gasteiger partial charge on any atom is -0.335 e. The fourth-order valence-electron chi connectivity index (χ4n) is 3.07. The van der Waals surface area contributed by atoms with E-state index < -0.39 is 19.9 Å². The summed E-state index contributed by atoms with van der Waals surface area (Å²) in [5.41, 5.74) is 0.357. The molecule has 1 aliphatic heterocycles. The highest BCUT2D eigenvalue weighted by Crippen LogP contribution is 2.21. The van der Waals surface area contributed by atoms with Gasteiger partial charge in [-0.15, -0.1) is 0 Å². The van der Waals surface area contributed by atoms with Gasteiger partial charge in [0.25, 0.3) is 5.91 Å². The van der Waals surface area contributed by atoms with E-state index in [-0.39, 0.29) is 34.4 Å². The SMILES string of the molecule is CCCN(C(=O)c1ccc(S(=O)(=O)NC(C)CC)cc1)C1CCS(=O)(=O)C1. The molecule has 2 unspecified atom stereocenters. The van der Waals surface area contributed by atoms with E-state index in [0.29, 0.717) is 31.4 Å². The highest BCUT2D eigenvalue weighted by molar-refractivity contribution is 7.91. The van der Waals surface area contributed by atoms with Gasteiger partial charge in [0.15, 0.2) is 9.84 Å². The maximum atomic E-state index is 12.9. The minimum absolute atomic E-state index is 0.00989. The third-order valence-electron chi connectivity index (χ3n) is 4.75. The zero-order valence-electron chi connectivity index (χ0n) is 16.0. The third kappa shape index (κ3) is 5.52. The van der Waals surface area contributed by atoms with Gasteiger partial charge >= 0.3 is 0 Å². The number of amides is 1. The molecule has 0 aliphatic carbocycles. The Morgan fingerprint density at radius 3 is 2.37 bits per heavy atom. The summed E-state index contributed by atoms with van der Waals surface area (Å²) in [6.07, 6.45) is 1.83. The van der Waals surface area contributed by atoms with Crippen molar-refractivity contribution >= 4 is 25.8 Å². The Morgan fingerprint density at radius 2 is 1.89 bits per heavy atom. The van der Waals surface area contributed by atoms with Gasteiger partial charge in [-0.1, -0.05) is 13.8 Å². The molecule has 7 nitrogen and oxygen atoms in total. The summed E-state index contributed by atoms with van der Waals surface area (Å²) in [5, 5.41) is 0. The minimum atomic E-state index is -3.63. The Labute approximate surface area is 162 Å². The number of sulfonamides is 1. The summed E-state index contributed by atoms with van der Waals surface area (Å²) in [6, 6.07) is 5.29. The van der Waals surface area contributed by atoms with Gasteiger partial charge in [-0.25, -0.2) is 21.6 Å². The molecule has 9 heteroatoms. The van der Waals surface area contributed by atoms with Crippen LogP contribution in [0.1, 0.15) is 50.4 Å². The van der Waals surface area contributed by atoms with E-state index >= 15 is 0 Å². The topological polar surface area (TPSA) is 101 Å². The first kappa shape index (κ1) is 21.8. The van der Waals surface area contributed by atoms with Crippen molar-refractivity contribution in [3.8, 4) is 0 Å². The van der Waals surface area contributed by atoms with Crippen LogP contribution < -0.4 is 4.72 Å². The van der Waals surface area contributed by atoms with E-state index in [0.717, 1.165) is 0 Å². The fraction of sp³-hybridized carbons (Fsp3) is 0.611. The van der Waals surface area contributed by atoms with Crippen LogP contribution in [0, 0.1) is 0 Å². The van der Waals surface area contributed by atoms with Gasteiger partial charge < -0.3 is 4.90 Å². The lowest BCUT2D eigenvalue weighted by Crippen LogP contribution is -2.41. The van der Waals surface area contributed by atoms with Crippen molar-refractivity contribution in [1.82, 2.24) is 9.62 Å². The van der Waals surface area contributed by atoms with Crippen LogP contribution in [0.4, 0.5) is 0 Å². The number of sulfone groups is 1. The molecule has 0 radical (unpaired) electrons. The van der Waals surface area contributed by atoms with Crippen LogP contribution in [0.2, 0.25) is 0 Å². The Kier molecular flexibility index (Phi) is 7.04. The van der Waals surface area contributed by atoms with Crippen molar-refractivity contribution in [3.05, 3.63) is 29.8 Å². The van der Waals surface area contributed by atoms with Crippen molar-refractivity contribution < 1.29 is 21.6 Å². The Hall–Kier alpha value is -1.45. The number of carbonyl (C=O) groups excluding carboxylic acids is 1. The van der Waals surface area contributed by atoms with Crippen molar-refractivity contribution in [2.45, 2.75) is 57.0 Å². The third-order valence-corrected chi connectivity index (χ3v) is 8.11. The van der Waals surface area contributed by atoms with Crippen molar-refractivity contribution in [1.29, 1.82) is 0 Å². The Morgan fingerprint density at radius 1 is 1.26 bits per heavy atom. The van der Waals surface area contributed by atoms with Crippen LogP contribution in [-0.4, -0.2) is 57.8 Å². The summed E-state index contributed by atoms with van der Waals surface area (Å²) in [6.45, 7) is 6.07. The molecular weight excluding hydrogens is 388 g/mol. The van der Waals surface area contributed by atoms with Gasteiger partial charge in [-0.3, -0.25) is 4.79 Å². The Bertz CT molecular complexity index is 864. The van der Waals surface area contributed by atoms with Gasteiger partial charge in [0.1, 0.15) is 0 Å². The molecule has 0 aromatic heterocycles. The molecule has 1 fully saturated rings. The van der Waals surface area contributed by atoms with Gasteiger partial charge in [0.05, 0.1) is 16.4 Å². The molecule has 1 amide bonds. The van der Waals surface area contributed by atoms with Crippen LogP contribution in [0.15, 0.2) is 29.2 Å². The number of nitrogens with zero attached hydrogens (tertiary/aromatic N) is 1. The van der Waals surface area contributed by atoms with E-state index in [1.54, 1.807) is 11.8 Å². The lowest BCUT2D eigenvalue weighted by Gasteiger charge is -2.28. The number of nitrogens with one attached hydrogen (secondary N) is 1. The second-order valence-corrected chi connectivity index (χ2v) is 11.0. The van der Waals surface area contributed by atoms with E-state index in [4.69, 9.17) is 0 Å². The van der Waals surface area contributed by atoms with Gasteiger partial charge in [0, 0.05) is 24.2 Å². The van der Waals surface area contributed by atoms with E-state index in [2.05, 4.69) is 4.72 Å². The molecule has 0 bridgehead atoms.